The summed E-state index contributed by atoms with van der Waals surface area (Å²) in [7, 11) is 0. The minimum Gasteiger partial charge on any atom is -0.394 e. The molecule has 10 aliphatic heterocycles. The van der Waals surface area contributed by atoms with E-state index < -0.39 is 396 Å². The van der Waals surface area contributed by atoms with E-state index in [1.165, 1.54) is 6.92 Å². The number of hydrogen-bond donors (Lipinski definition) is 31. The molecule has 722 valence electrons. The van der Waals surface area contributed by atoms with Gasteiger partial charge in [0.25, 0.3) is 0 Å². The lowest BCUT2D eigenvalue weighted by atomic mass is 9.93. The number of amides is 5. The predicted molar refractivity (Wildman–Crippen MR) is 386 cm³/mol. The maximum Gasteiger partial charge on any atom is 0.217 e. The monoisotopic (exact) mass is 1830 g/mol. The standard InChI is InChI=1S/C70H117N5O50/c1-16-36(87)48(99)52(103)66(110-16)108-14-28-40(91)43(94)32(72-18(3)83)62(117-28)107-13-29-41(92)51(102)59(124-63-33(73-19(4)84)44(95)37(88)22(7-76)112-63)69(119-29)109-15-30-42(93)58(54(105)68(118-30)122-57-27(12-81)115-64(34(46(57)97)74-20(5)85)120-55-25(10-79)111-61(106)31(45(55)96)71-17(2)82)123-70-60(50(101)39(90)24(9-78)114-70)125-65-35(75-21(6)86)47(98)56(26(11-80)116-65)121-67-53(104)49(100)38(89)23(8-77)113-67/h16,22-70,76-81,87-106H,7-15H2,1-6H3,(H,71,82)(H,72,83)(H,73,84)(H,74,85)(H,75,86)/t16-,22+,23+,24+,25+,26+,27+,28+,29+,30+,31+,32+,33+,34+,35+,36+,37+,38-,39+,40+,41+,42+,43+,44+,45+,46+,47+,48+,49-,50-,51-,52-,53+,54-,55+,56+,57+,58-,59-,60-,61?,62+,63-,64-,65-,66+,67-,68-,69-,70+/m0/s1. The topological polar surface area (TPSA) is 847 Å². The fourth-order valence-electron chi connectivity index (χ4n) is 16.1. The first-order chi connectivity index (χ1) is 59.0. The van der Waals surface area contributed by atoms with Crippen LogP contribution in [0.25, 0.3) is 0 Å². The molecule has 10 aliphatic rings. The van der Waals surface area contributed by atoms with Crippen molar-refractivity contribution in [1.29, 1.82) is 0 Å². The number of rotatable bonds is 32. The number of aliphatic hydroxyl groups is 26. The molecule has 10 rings (SSSR count). The maximum absolute atomic E-state index is 13.1. The largest absolute Gasteiger partial charge is 0.394 e. The third-order valence-corrected chi connectivity index (χ3v) is 22.8. The van der Waals surface area contributed by atoms with E-state index in [0.717, 1.165) is 34.6 Å². The van der Waals surface area contributed by atoms with Crippen LogP contribution in [0.3, 0.4) is 0 Å². The third kappa shape index (κ3) is 23.3. The van der Waals surface area contributed by atoms with Crippen LogP contribution in [0.5, 0.6) is 0 Å². The van der Waals surface area contributed by atoms with Gasteiger partial charge in [0.2, 0.25) is 29.5 Å². The van der Waals surface area contributed by atoms with Crippen LogP contribution in [-0.4, -0.2) is 529 Å². The van der Waals surface area contributed by atoms with E-state index in [0.29, 0.717) is 0 Å². The Morgan fingerprint density at radius 2 is 0.496 bits per heavy atom. The summed E-state index contributed by atoms with van der Waals surface area (Å²) in [6.07, 6.45) is -93.3. The molecule has 0 aromatic carbocycles. The second kappa shape index (κ2) is 44.9. The van der Waals surface area contributed by atoms with Gasteiger partial charge in [0.05, 0.1) is 65.6 Å². The molecule has 0 radical (unpaired) electrons. The highest BCUT2D eigenvalue weighted by molar-refractivity contribution is 5.75. The fraction of sp³-hybridized carbons (Fsp3) is 0.929. The van der Waals surface area contributed by atoms with Crippen molar-refractivity contribution in [3.8, 4) is 0 Å². The van der Waals surface area contributed by atoms with Gasteiger partial charge in [-0.3, -0.25) is 24.0 Å². The van der Waals surface area contributed by atoms with Crippen molar-refractivity contribution < 1.29 is 247 Å². The van der Waals surface area contributed by atoms with E-state index in [9.17, 15) is 157 Å². The molecule has 55 heteroatoms. The number of ether oxygens (including phenoxy) is 19. The fourth-order valence-corrected chi connectivity index (χ4v) is 16.1. The first kappa shape index (κ1) is 103. The van der Waals surface area contributed by atoms with E-state index in [4.69, 9.17) is 90.0 Å². The zero-order valence-electron chi connectivity index (χ0n) is 67.7. The number of nitrogens with one attached hydrogen (secondary N) is 5. The van der Waals surface area contributed by atoms with Gasteiger partial charge in [-0.05, 0) is 6.92 Å². The first-order valence-corrected chi connectivity index (χ1v) is 40.0. The summed E-state index contributed by atoms with van der Waals surface area (Å²) in [4.78, 5) is 63.8. The highest BCUT2D eigenvalue weighted by Crippen LogP contribution is 2.40. The van der Waals surface area contributed by atoms with E-state index in [1.54, 1.807) is 0 Å². The molecule has 1 unspecified atom stereocenters. The maximum atomic E-state index is 13.1. The van der Waals surface area contributed by atoms with Gasteiger partial charge in [-0.15, -0.1) is 0 Å². The summed E-state index contributed by atoms with van der Waals surface area (Å²) in [5.74, 6) is -4.53. The van der Waals surface area contributed by atoms with Gasteiger partial charge in [-0.1, -0.05) is 0 Å². The predicted octanol–water partition coefficient (Wildman–Crippen LogP) is -21.1. The lowest BCUT2D eigenvalue weighted by Crippen LogP contribution is -2.71. The molecule has 0 bridgehead atoms. The SMILES string of the molecule is CC(=O)N[C@H]1[C@H](O[C@H]2[C@H](O)[C@@H](NC(C)=O)C(O)O[C@@H]2CO)O[C@H](CO)[C@@H](O[C@@H]2O[C@H](CO[C@H]3O[C@H](CO[C@@H]4O[C@H](CO[C@@H]5O[C@@H](C)[C@@H](O)[C@@H](O)[C@@H]5O)[C@@H](O)[C@H](O)[C@H]4NC(C)=O)[C@@H](O)[C@H](O)[C@@H]3O[C@@H]3O[C@H](CO)[C@@H](O)[C@H](O)[C@H]3NC(C)=O)[C@@H](O)[C@H](O[C@H]3O[C@H](CO)[C@@H](O)[C@H](O)[C@@H]3O[C@@H]3O[C@H](CO)[C@@H](O[C@@H]4O[C@H](CO)[C@H](O)[C@H](O)[C@H]4O)[C@H](O)[C@H]3NC(C)=O)[C@@H]2O)[C@@H]1O. The number of carbonyl (C=O) groups is 5. The molecule has 0 aromatic heterocycles. The summed E-state index contributed by atoms with van der Waals surface area (Å²) in [6, 6.07) is -9.24. The highest BCUT2D eigenvalue weighted by Gasteiger charge is 2.61. The van der Waals surface area contributed by atoms with Gasteiger partial charge >= 0.3 is 0 Å². The van der Waals surface area contributed by atoms with E-state index >= 15 is 0 Å². The van der Waals surface area contributed by atoms with E-state index in [2.05, 4.69) is 26.6 Å². The van der Waals surface area contributed by atoms with Crippen LogP contribution < -0.4 is 26.6 Å². The average molecular weight is 1830 g/mol. The molecule has 0 aliphatic carbocycles. The molecule has 55 nitrogen and oxygen atoms in total. The van der Waals surface area contributed by atoms with Crippen LogP contribution in [0.15, 0.2) is 0 Å². The molecule has 31 N–H and O–H groups in total. The van der Waals surface area contributed by atoms with Crippen LogP contribution >= 0.6 is 0 Å². The van der Waals surface area contributed by atoms with Gasteiger partial charge in [-0.2, -0.15) is 0 Å². The first-order valence-electron chi connectivity index (χ1n) is 40.0. The Hall–Kier alpha value is -4.45. The molecule has 10 heterocycles. The van der Waals surface area contributed by atoms with Crippen molar-refractivity contribution >= 4 is 29.5 Å². The second-order valence-corrected chi connectivity index (χ2v) is 31.8. The molecule has 0 spiro atoms. The van der Waals surface area contributed by atoms with Gasteiger partial charge in [-0.25, -0.2) is 0 Å². The smallest absolute Gasteiger partial charge is 0.217 e. The van der Waals surface area contributed by atoms with Crippen LogP contribution in [0.2, 0.25) is 0 Å². The van der Waals surface area contributed by atoms with Crippen LogP contribution in [-0.2, 0) is 114 Å². The van der Waals surface area contributed by atoms with Crippen LogP contribution in [0.1, 0.15) is 41.5 Å². The lowest BCUT2D eigenvalue weighted by Gasteiger charge is -2.51. The number of carbonyl (C=O) groups excluding carboxylic acids is 5. The molecule has 10 fully saturated rings. The van der Waals surface area contributed by atoms with Crippen molar-refractivity contribution in [3.05, 3.63) is 0 Å². The molecular weight excluding hydrogens is 1710 g/mol. The van der Waals surface area contributed by atoms with Crippen LogP contribution in [0, 0.1) is 0 Å². The highest BCUT2D eigenvalue weighted by atomic mass is 16.8. The van der Waals surface area contributed by atoms with Crippen LogP contribution in [0.4, 0.5) is 0 Å². The summed E-state index contributed by atoms with van der Waals surface area (Å²) in [6.45, 7) is -3.71. The van der Waals surface area contributed by atoms with Crippen molar-refractivity contribution in [2.45, 2.75) is 348 Å². The van der Waals surface area contributed by atoms with Gasteiger partial charge in [0.1, 0.15) is 238 Å². The van der Waals surface area contributed by atoms with Gasteiger partial charge < -0.3 is 249 Å². The Morgan fingerprint density at radius 1 is 0.224 bits per heavy atom. The summed E-state index contributed by atoms with van der Waals surface area (Å²) >= 11 is 0. The van der Waals surface area contributed by atoms with Crippen molar-refractivity contribution in [3.63, 3.8) is 0 Å². The molecule has 5 amide bonds. The molecule has 50 atom stereocenters. The lowest BCUT2D eigenvalue weighted by molar-refractivity contribution is -0.398. The normalized spacial score (nSPS) is 48.7. The molecule has 0 saturated carbocycles. The number of aliphatic hydroxyl groups excluding tert-OH is 26. The Bertz CT molecular complexity index is 3420. The average Bonchev–Trinajstić information content (AvgIpc) is 0.760. The zero-order valence-corrected chi connectivity index (χ0v) is 67.7. The van der Waals surface area contributed by atoms with Gasteiger partial charge in [0.15, 0.2) is 62.9 Å². The van der Waals surface area contributed by atoms with E-state index in [1.807, 2.05) is 0 Å². The van der Waals surface area contributed by atoms with Crippen molar-refractivity contribution in [1.82, 2.24) is 26.6 Å². The van der Waals surface area contributed by atoms with Crippen molar-refractivity contribution in [2.75, 3.05) is 59.5 Å². The number of hydrogen-bond acceptors (Lipinski definition) is 50. The van der Waals surface area contributed by atoms with Crippen molar-refractivity contribution in [2.24, 2.45) is 0 Å². The minimum atomic E-state index is -2.64. The second-order valence-electron chi connectivity index (χ2n) is 31.8. The Labute approximate surface area is 708 Å². The molecule has 0 aromatic rings. The van der Waals surface area contributed by atoms with E-state index in [-0.39, 0.29) is 0 Å². The summed E-state index contributed by atoms with van der Waals surface area (Å²) in [5, 5.41) is 304. The molecule has 125 heavy (non-hydrogen) atoms. The summed E-state index contributed by atoms with van der Waals surface area (Å²) < 4.78 is 113. The Morgan fingerprint density at radius 3 is 0.952 bits per heavy atom. The minimum absolute atomic E-state index is 0.802. The van der Waals surface area contributed by atoms with Gasteiger partial charge in [0, 0.05) is 34.6 Å². The summed E-state index contributed by atoms with van der Waals surface area (Å²) in [5.41, 5.74) is 0. The zero-order chi connectivity index (χ0) is 92.1. The Kier molecular flexibility index (Phi) is 36.8. The molecule has 10 saturated heterocycles. The quantitative estimate of drug-likeness (QED) is 0.0297. The molecular formula is C70H117N5O50. The third-order valence-electron chi connectivity index (χ3n) is 22.8. The Balaban J connectivity index is 1.01.